The molecule has 0 saturated carbocycles. The number of aliphatic carboxylic acids is 1. The number of hydrogen-bond donors (Lipinski definition) is 3. The summed E-state index contributed by atoms with van der Waals surface area (Å²) in [5.41, 5.74) is 5.95. The molecule has 0 aliphatic carbocycles. The molecule has 5 nitrogen and oxygen atoms in total. The van der Waals surface area contributed by atoms with E-state index >= 15 is 0 Å². The summed E-state index contributed by atoms with van der Waals surface area (Å²) < 4.78 is 4.87. The van der Waals surface area contributed by atoms with Gasteiger partial charge in [-0.3, -0.25) is 4.79 Å². The Morgan fingerprint density at radius 2 is 2.19 bits per heavy atom. The van der Waals surface area contributed by atoms with Crippen molar-refractivity contribution in [2.75, 3.05) is 7.11 Å². The van der Waals surface area contributed by atoms with Gasteiger partial charge in [-0.1, -0.05) is 11.6 Å². The first kappa shape index (κ1) is 12.6. The molecular weight excluding hydrogens is 234 g/mol. The highest BCUT2D eigenvalue weighted by Gasteiger charge is 2.24. The van der Waals surface area contributed by atoms with Crippen LogP contribution in [0.25, 0.3) is 0 Å². The molecule has 1 rings (SSSR count). The molecule has 88 valence electrons. The lowest BCUT2D eigenvalue weighted by Gasteiger charge is -2.16. The Morgan fingerprint density at radius 1 is 1.62 bits per heavy atom. The highest BCUT2D eigenvalue weighted by Crippen LogP contribution is 2.39. The molecule has 0 bridgehead atoms. The first-order valence-electron chi connectivity index (χ1n) is 4.44. The number of methoxy groups -OCH3 is 1. The van der Waals surface area contributed by atoms with E-state index in [9.17, 15) is 9.90 Å². The van der Waals surface area contributed by atoms with Gasteiger partial charge in [-0.05, 0) is 12.5 Å². The SMILES string of the molecule is COc1cc(Cl)c(C)c(C(N)C(=O)O)c1O. The van der Waals surface area contributed by atoms with E-state index in [0.717, 1.165) is 0 Å². The second kappa shape index (κ2) is 4.59. The highest BCUT2D eigenvalue weighted by molar-refractivity contribution is 6.31. The van der Waals surface area contributed by atoms with E-state index in [0.29, 0.717) is 10.6 Å². The van der Waals surface area contributed by atoms with Gasteiger partial charge in [0, 0.05) is 16.7 Å². The molecule has 0 radical (unpaired) electrons. The fraction of sp³-hybridized carbons (Fsp3) is 0.300. The molecule has 1 aromatic rings. The van der Waals surface area contributed by atoms with Crippen molar-refractivity contribution in [3.05, 3.63) is 22.2 Å². The zero-order valence-corrected chi connectivity index (χ0v) is 9.58. The van der Waals surface area contributed by atoms with Gasteiger partial charge in [0.15, 0.2) is 11.5 Å². The Bertz CT molecular complexity index is 433. The number of carboxylic acids is 1. The van der Waals surface area contributed by atoms with Gasteiger partial charge in [-0.2, -0.15) is 0 Å². The van der Waals surface area contributed by atoms with Crippen molar-refractivity contribution in [1.82, 2.24) is 0 Å². The summed E-state index contributed by atoms with van der Waals surface area (Å²) in [5.74, 6) is -1.44. The van der Waals surface area contributed by atoms with E-state index < -0.39 is 12.0 Å². The molecular formula is C10H12ClNO4. The molecule has 0 aromatic heterocycles. The summed E-state index contributed by atoms with van der Waals surface area (Å²) in [4.78, 5) is 10.8. The van der Waals surface area contributed by atoms with Crippen LogP contribution in [0, 0.1) is 6.92 Å². The summed E-state index contributed by atoms with van der Waals surface area (Å²) in [5, 5.41) is 18.9. The quantitative estimate of drug-likeness (QED) is 0.749. The van der Waals surface area contributed by atoms with E-state index in [4.69, 9.17) is 27.2 Å². The topological polar surface area (TPSA) is 92.8 Å². The molecule has 1 aromatic carbocycles. The van der Waals surface area contributed by atoms with Gasteiger partial charge < -0.3 is 20.7 Å². The Hall–Kier alpha value is -1.46. The average Bonchev–Trinajstić information content (AvgIpc) is 2.23. The molecule has 0 aliphatic heterocycles. The number of nitrogens with two attached hydrogens (primary N) is 1. The largest absolute Gasteiger partial charge is 0.504 e. The lowest BCUT2D eigenvalue weighted by molar-refractivity contribution is -0.138. The van der Waals surface area contributed by atoms with Crippen molar-refractivity contribution in [2.45, 2.75) is 13.0 Å². The lowest BCUT2D eigenvalue weighted by atomic mass is 10.00. The second-order valence-corrected chi connectivity index (χ2v) is 3.67. The van der Waals surface area contributed by atoms with Crippen LogP contribution in [0.3, 0.4) is 0 Å². The van der Waals surface area contributed by atoms with Gasteiger partial charge in [-0.25, -0.2) is 0 Å². The third-order valence-electron chi connectivity index (χ3n) is 2.31. The summed E-state index contributed by atoms with van der Waals surface area (Å²) in [6.07, 6.45) is 0. The first-order chi connectivity index (χ1) is 7.40. The lowest BCUT2D eigenvalue weighted by Crippen LogP contribution is -2.22. The number of phenolic OH excluding ortho intramolecular Hbond substituents is 1. The molecule has 4 N–H and O–H groups in total. The van der Waals surface area contributed by atoms with Gasteiger partial charge >= 0.3 is 5.97 Å². The van der Waals surface area contributed by atoms with Crippen LogP contribution in [-0.4, -0.2) is 23.3 Å². The monoisotopic (exact) mass is 245 g/mol. The van der Waals surface area contributed by atoms with E-state index in [2.05, 4.69) is 0 Å². The van der Waals surface area contributed by atoms with Gasteiger partial charge in [0.1, 0.15) is 6.04 Å². The highest BCUT2D eigenvalue weighted by atomic mass is 35.5. The number of aromatic hydroxyl groups is 1. The minimum Gasteiger partial charge on any atom is -0.504 e. The van der Waals surface area contributed by atoms with Crippen LogP contribution in [0.15, 0.2) is 6.07 Å². The number of halogens is 1. The molecule has 0 saturated heterocycles. The maximum atomic E-state index is 10.8. The predicted octanol–water partition coefficient (Wildman–Crippen LogP) is 1.45. The Kier molecular flexibility index (Phi) is 3.62. The zero-order chi connectivity index (χ0) is 12.5. The maximum absolute atomic E-state index is 10.8. The van der Waals surface area contributed by atoms with Crippen LogP contribution in [-0.2, 0) is 4.79 Å². The number of hydrogen-bond acceptors (Lipinski definition) is 4. The smallest absolute Gasteiger partial charge is 0.325 e. The van der Waals surface area contributed by atoms with Crippen molar-refractivity contribution < 1.29 is 19.7 Å². The Labute approximate surface area is 97.4 Å². The second-order valence-electron chi connectivity index (χ2n) is 3.26. The van der Waals surface area contributed by atoms with Gasteiger partial charge in [0.2, 0.25) is 0 Å². The molecule has 16 heavy (non-hydrogen) atoms. The number of phenols is 1. The van der Waals surface area contributed by atoms with Gasteiger partial charge in [0.05, 0.1) is 7.11 Å². The number of carbonyl (C=O) groups is 1. The number of carboxylic acid groups (broad SMARTS) is 1. The summed E-state index contributed by atoms with van der Waals surface area (Å²) >= 11 is 5.88. The predicted molar refractivity (Wildman–Crippen MR) is 59.0 cm³/mol. The third-order valence-corrected chi connectivity index (χ3v) is 2.70. The van der Waals surface area contributed by atoms with Gasteiger partial charge in [0.25, 0.3) is 0 Å². The van der Waals surface area contributed by atoms with Crippen molar-refractivity contribution in [2.24, 2.45) is 5.73 Å². The van der Waals surface area contributed by atoms with Crippen LogP contribution < -0.4 is 10.5 Å². The minimum absolute atomic E-state index is 0.0665. The number of benzene rings is 1. The molecule has 0 heterocycles. The van der Waals surface area contributed by atoms with Crippen molar-refractivity contribution >= 4 is 17.6 Å². The summed E-state index contributed by atoms with van der Waals surface area (Å²) in [6.45, 7) is 1.58. The molecule has 6 heteroatoms. The Balaban J connectivity index is 3.47. The average molecular weight is 246 g/mol. The van der Waals surface area contributed by atoms with Crippen LogP contribution in [0.4, 0.5) is 0 Å². The Morgan fingerprint density at radius 3 is 2.62 bits per heavy atom. The molecule has 0 spiro atoms. The number of rotatable bonds is 3. The molecule has 0 amide bonds. The number of ether oxygens (including phenoxy) is 1. The zero-order valence-electron chi connectivity index (χ0n) is 8.82. The fourth-order valence-electron chi connectivity index (χ4n) is 1.39. The van der Waals surface area contributed by atoms with E-state index in [-0.39, 0.29) is 17.1 Å². The normalized spacial score (nSPS) is 12.2. The fourth-order valence-corrected chi connectivity index (χ4v) is 1.59. The van der Waals surface area contributed by atoms with Gasteiger partial charge in [-0.15, -0.1) is 0 Å². The first-order valence-corrected chi connectivity index (χ1v) is 4.82. The van der Waals surface area contributed by atoms with Crippen LogP contribution >= 0.6 is 11.6 Å². The maximum Gasteiger partial charge on any atom is 0.325 e. The summed E-state index contributed by atoms with van der Waals surface area (Å²) in [7, 11) is 1.34. The molecule has 1 unspecified atom stereocenters. The minimum atomic E-state index is -1.34. The standard InChI is InChI=1S/C10H12ClNO4/c1-4-5(11)3-6(16-2)9(13)7(4)8(12)10(14)15/h3,8,13H,12H2,1-2H3,(H,14,15). The van der Waals surface area contributed by atoms with Crippen LogP contribution in [0.5, 0.6) is 11.5 Å². The molecule has 1 atom stereocenters. The molecule has 0 aliphatic rings. The van der Waals surface area contributed by atoms with E-state index in [1.807, 2.05) is 0 Å². The summed E-state index contributed by atoms with van der Waals surface area (Å²) in [6, 6.07) is 0.0669. The van der Waals surface area contributed by atoms with Crippen LogP contribution in [0.1, 0.15) is 17.2 Å². The van der Waals surface area contributed by atoms with Crippen molar-refractivity contribution in [3.63, 3.8) is 0 Å². The third kappa shape index (κ3) is 2.05. The van der Waals surface area contributed by atoms with E-state index in [1.165, 1.54) is 13.2 Å². The van der Waals surface area contributed by atoms with Crippen molar-refractivity contribution in [3.8, 4) is 11.5 Å². The van der Waals surface area contributed by atoms with Crippen molar-refractivity contribution in [1.29, 1.82) is 0 Å². The molecule has 0 fully saturated rings. The van der Waals surface area contributed by atoms with Crippen LogP contribution in [0.2, 0.25) is 5.02 Å². The van der Waals surface area contributed by atoms with E-state index in [1.54, 1.807) is 6.92 Å².